The molecule has 0 unspecified atom stereocenters. The lowest BCUT2D eigenvalue weighted by atomic mass is 10.1. The number of ether oxygens (including phenoxy) is 1. The van der Waals surface area contributed by atoms with Gasteiger partial charge in [0, 0.05) is 12.2 Å². The molecule has 4 nitrogen and oxygen atoms in total. The van der Waals surface area contributed by atoms with Crippen LogP contribution in [-0.4, -0.2) is 17.1 Å². The van der Waals surface area contributed by atoms with E-state index < -0.39 is 0 Å². The fourth-order valence-corrected chi connectivity index (χ4v) is 2.39. The van der Waals surface area contributed by atoms with Gasteiger partial charge >= 0.3 is 5.97 Å². The molecule has 4 heteroatoms. The van der Waals surface area contributed by atoms with Crippen LogP contribution < -0.4 is 5.73 Å². The highest BCUT2D eigenvalue weighted by atomic mass is 16.5. The van der Waals surface area contributed by atoms with Gasteiger partial charge in [-0.1, -0.05) is 45.4 Å². The standard InChI is InChI=1S/C17H30N2O2/c1-4-5-6-7-8-9-10-11-21-17(20)16-12-15(18)13-19(16)14(2)3/h12-14H,4-11,18H2,1-3H3. The Bertz CT molecular complexity index is 424. The number of carbonyl (C=O) groups excluding carboxylic acids is 1. The summed E-state index contributed by atoms with van der Waals surface area (Å²) in [5, 5.41) is 0. The molecule has 0 saturated carbocycles. The van der Waals surface area contributed by atoms with Crippen LogP contribution in [0.15, 0.2) is 12.3 Å². The average molecular weight is 294 g/mol. The summed E-state index contributed by atoms with van der Waals surface area (Å²) < 4.78 is 7.21. The average Bonchev–Trinajstić information content (AvgIpc) is 2.84. The molecule has 0 amide bonds. The van der Waals surface area contributed by atoms with Gasteiger partial charge in [0.1, 0.15) is 5.69 Å². The number of esters is 1. The Morgan fingerprint density at radius 2 is 1.81 bits per heavy atom. The Balaban J connectivity index is 2.25. The minimum absolute atomic E-state index is 0.198. The number of aromatic nitrogens is 1. The number of rotatable bonds is 10. The quantitative estimate of drug-likeness (QED) is 0.508. The summed E-state index contributed by atoms with van der Waals surface area (Å²) in [5.74, 6) is -0.272. The molecule has 0 aliphatic carbocycles. The lowest BCUT2D eigenvalue weighted by molar-refractivity contribution is 0.0483. The largest absolute Gasteiger partial charge is 0.461 e. The molecule has 120 valence electrons. The van der Waals surface area contributed by atoms with Crippen LogP contribution >= 0.6 is 0 Å². The fraction of sp³-hybridized carbons (Fsp3) is 0.706. The lowest BCUT2D eigenvalue weighted by Gasteiger charge is -2.12. The van der Waals surface area contributed by atoms with Crippen molar-refractivity contribution in [2.75, 3.05) is 12.3 Å². The monoisotopic (exact) mass is 294 g/mol. The van der Waals surface area contributed by atoms with E-state index >= 15 is 0 Å². The van der Waals surface area contributed by atoms with E-state index in [0.29, 0.717) is 18.0 Å². The maximum Gasteiger partial charge on any atom is 0.355 e. The van der Waals surface area contributed by atoms with Crippen LogP contribution in [0.1, 0.15) is 82.2 Å². The molecule has 1 heterocycles. The van der Waals surface area contributed by atoms with Gasteiger partial charge in [0.25, 0.3) is 0 Å². The summed E-state index contributed by atoms with van der Waals surface area (Å²) in [7, 11) is 0. The highest BCUT2D eigenvalue weighted by Gasteiger charge is 2.15. The number of nitrogen functional groups attached to an aromatic ring is 1. The first-order valence-corrected chi connectivity index (χ1v) is 8.20. The van der Waals surface area contributed by atoms with Crippen LogP contribution in [0.3, 0.4) is 0 Å². The summed E-state index contributed by atoms with van der Waals surface area (Å²) >= 11 is 0. The zero-order valence-electron chi connectivity index (χ0n) is 13.7. The molecule has 0 radical (unpaired) electrons. The van der Waals surface area contributed by atoms with Crippen LogP contribution in [0.2, 0.25) is 0 Å². The molecule has 2 N–H and O–H groups in total. The van der Waals surface area contributed by atoms with Crippen LogP contribution in [0.4, 0.5) is 5.69 Å². The predicted molar refractivity (Wildman–Crippen MR) is 87.5 cm³/mol. The first-order chi connectivity index (χ1) is 10.1. The Labute approximate surface area is 128 Å². The highest BCUT2D eigenvalue weighted by molar-refractivity contribution is 5.89. The van der Waals surface area contributed by atoms with E-state index in [2.05, 4.69) is 6.92 Å². The van der Waals surface area contributed by atoms with Crippen LogP contribution in [0, 0.1) is 0 Å². The Hall–Kier alpha value is -1.45. The van der Waals surface area contributed by atoms with E-state index in [9.17, 15) is 4.79 Å². The number of nitrogens with zero attached hydrogens (tertiary/aromatic N) is 1. The summed E-state index contributed by atoms with van der Waals surface area (Å²) in [4.78, 5) is 12.1. The van der Waals surface area contributed by atoms with Crippen molar-refractivity contribution in [1.29, 1.82) is 0 Å². The van der Waals surface area contributed by atoms with Crippen molar-refractivity contribution in [3.63, 3.8) is 0 Å². The van der Waals surface area contributed by atoms with Gasteiger partial charge in [-0.2, -0.15) is 0 Å². The maximum atomic E-state index is 12.1. The van der Waals surface area contributed by atoms with Crippen LogP contribution in [-0.2, 0) is 4.74 Å². The third-order valence-corrected chi connectivity index (χ3v) is 3.62. The number of nitrogens with two attached hydrogens (primary N) is 1. The van der Waals surface area contributed by atoms with Gasteiger partial charge in [-0.05, 0) is 26.3 Å². The third kappa shape index (κ3) is 6.23. The molecule has 0 atom stereocenters. The molecule has 0 saturated heterocycles. The third-order valence-electron chi connectivity index (χ3n) is 3.62. The van der Waals surface area contributed by atoms with Gasteiger partial charge in [-0.3, -0.25) is 0 Å². The Morgan fingerprint density at radius 1 is 1.19 bits per heavy atom. The number of anilines is 1. The topological polar surface area (TPSA) is 57.2 Å². The van der Waals surface area contributed by atoms with Crippen molar-refractivity contribution < 1.29 is 9.53 Å². The minimum atomic E-state index is -0.272. The zero-order valence-corrected chi connectivity index (χ0v) is 13.7. The smallest absolute Gasteiger partial charge is 0.355 e. The Kier molecular flexibility index (Phi) is 7.95. The maximum absolute atomic E-state index is 12.1. The van der Waals surface area contributed by atoms with Gasteiger partial charge in [0.2, 0.25) is 0 Å². The summed E-state index contributed by atoms with van der Waals surface area (Å²) in [6, 6.07) is 1.89. The second-order valence-corrected chi connectivity index (χ2v) is 5.92. The van der Waals surface area contributed by atoms with Crippen molar-refractivity contribution in [2.24, 2.45) is 0 Å². The molecule has 21 heavy (non-hydrogen) atoms. The summed E-state index contributed by atoms with van der Waals surface area (Å²) in [6.07, 6.45) is 10.3. The zero-order chi connectivity index (χ0) is 15.7. The number of carbonyl (C=O) groups is 1. The van der Waals surface area contributed by atoms with Gasteiger partial charge in [0.05, 0.1) is 12.3 Å². The number of unbranched alkanes of at least 4 members (excludes halogenated alkanes) is 6. The van der Waals surface area contributed by atoms with E-state index in [0.717, 1.165) is 12.8 Å². The molecule has 1 aromatic heterocycles. The van der Waals surface area contributed by atoms with Crippen molar-refractivity contribution in [3.05, 3.63) is 18.0 Å². The van der Waals surface area contributed by atoms with Crippen molar-refractivity contribution in [1.82, 2.24) is 4.57 Å². The molecule has 0 aliphatic rings. The molecular weight excluding hydrogens is 264 g/mol. The first-order valence-electron chi connectivity index (χ1n) is 8.20. The van der Waals surface area contributed by atoms with E-state index in [4.69, 9.17) is 10.5 Å². The normalized spacial score (nSPS) is 11.0. The van der Waals surface area contributed by atoms with E-state index in [1.54, 1.807) is 12.3 Å². The summed E-state index contributed by atoms with van der Waals surface area (Å²) in [5.41, 5.74) is 6.91. The molecular formula is C17H30N2O2. The molecule has 0 aliphatic heterocycles. The van der Waals surface area contributed by atoms with E-state index in [1.165, 1.54) is 32.1 Å². The SMILES string of the molecule is CCCCCCCCCOC(=O)c1cc(N)cn1C(C)C. The van der Waals surface area contributed by atoms with Gasteiger partial charge < -0.3 is 15.0 Å². The molecule has 0 aromatic carbocycles. The second-order valence-electron chi connectivity index (χ2n) is 5.92. The fourth-order valence-electron chi connectivity index (χ4n) is 2.39. The van der Waals surface area contributed by atoms with E-state index in [1.807, 2.05) is 18.4 Å². The molecule has 1 rings (SSSR count). The summed E-state index contributed by atoms with van der Waals surface area (Å²) in [6.45, 7) is 6.76. The van der Waals surface area contributed by atoms with Crippen molar-refractivity contribution >= 4 is 11.7 Å². The lowest BCUT2D eigenvalue weighted by Crippen LogP contribution is -2.13. The second kappa shape index (κ2) is 9.48. The first kappa shape index (κ1) is 17.6. The van der Waals surface area contributed by atoms with Crippen LogP contribution in [0.25, 0.3) is 0 Å². The minimum Gasteiger partial charge on any atom is -0.461 e. The molecule has 0 fully saturated rings. The van der Waals surface area contributed by atoms with Gasteiger partial charge in [-0.25, -0.2) is 4.79 Å². The molecule has 0 bridgehead atoms. The number of hydrogen-bond donors (Lipinski definition) is 1. The van der Waals surface area contributed by atoms with Crippen molar-refractivity contribution in [2.45, 2.75) is 71.8 Å². The van der Waals surface area contributed by atoms with Crippen LogP contribution in [0.5, 0.6) is 0 Å². The highest BCUT2D eigenvalue weighted by Crippen LogP contribution is 2.17. The van der Waals surface area contributed by atoms with Crippen molar-refractivity contribution in [3.8, 4) is 0 Å². The Morgan fingerprint density at radius 3 is 2.43 bits per heavy atom. The predicted octanol–water partition coefficient (Wildman–Crippen LogP) is 4.56. The molecule has 0 spiro atoms. The molecule has 1 aromatic rings. The number of hydrogen-bond acceptors (Lipinski definition) is 3. The van der Waals surface area contributed by atoms with Gasteiger partial charge in [-0.15, -0.1) is 0 Å². The van der Waals surface area contributed by atoms with Gasteiger partial charge in [0.15, 0.2) is 0 Å². The van der Waals surface area contributed by atoms with E-state index in [-0.39, 0.29) is 12.0 Å².